The van der Waals surface area contributed by atoms with E-state index in [0.717, 1.165) is 42.2 Å². The summed E-state index contributed by atoms with van der Waals surface area (Å²) in [4.78, 5) is 28.6. The highest BCUT2D eigenvalue weighted by Gasteiger charge is 2.31. The third-order valence-corrected chi connectivity index (χ3v) is 6.05. The lowest BCUT2D eigenvalue weighted by Gasteiger charge is -2.11. The second kappa shape index (κ2) is 13.7. The number of pyridine rings is 1. The number of alkyl halides is 6. The molecule has 3 heterocycles. The SMILES string of the molecule is CC(F)(F)c1ccc(CNC(=O)c2cn(CCC(F)Cn3cc(C(=O)NCc4cc(OC(F)(F)F)ccc4F)nn3)nn2)nc1. The fourth-order valence-corrected chi connectivity index (χ4v) is 3.77. The standard InChI is InChI=1S/C26H24F7N9O3/c1-25(29,30)16-2-3-18(34-10-16)11-36-24(44)21-13-41(39-37-21)7-6-17(27)12-42-14-22(38-40-42)23(43)35-9-15-8-19(4-5-20(15)28)45-26(31,32)33/h2-5,8,10,13-14,17H,6-7,9,11-12H2,1H3,(H,35,43)(H,36,44). The number of rotatable bonds is 13. The number of nitrogens with zero attached hydrogens (tertiary/aromatic N) is 7. The molecule has 240 valence electrons. The number of nitrogens with one attached hydrogen (secondary N) is 2. The zero-order valence-corrected chi connectivity index (χ0v) is 23.2. The molecule has 2 N–H and O–H groups in total. The van der Waals surface area contributed by atoms with Crippen LogP contribution in [-0.4, -0.2) is 59.3 Å². The van der Waals surface area contributed by atoms with Gasteiger partial charge < -0.3 is 15.4 Å². The van der Waals surface area contributed by atoms with Gasteiger partial charge in [0.1, 0.15) is 17.7 Å². The van der Waals surface area contributed by atoms with Crippen LogP contribution < -0.4 is 15.4 Å². The van der Waals surface area contributed by atoms with Gasteiger partial charge in [-0.25, -0.2) is 22.2 Å². The normalized spacial score (nSPS) is 12.5. The number of hydrogen-bond acceptors (Lipinski definition) is 8. The van der Waals surface area contributed by atoms with Crippen LogP contribution >= 0.6 is 0 Å². The second-order valence-electron chi connectivity index (χ2n) is 9.67. The van der Waals surface area contributed by atoms with Gasteiger partial charge in [-0.1, -0.05) is 10.4 Å². The Hall–Kier alpha value is -5.10. The fourth-order valence-electron chi connectivity index (χ4n) is 3.77. The number of aromatic nitrogens is 7. The summed E-state index contributed by atoms with van der Waals surface area (Å²) in [5.41, 5.74) is -0.499. The Morgan fingerprint density at radius 1 is 0.933 bits per heavy atom. The van der Waals surface area contributed by atoms with Crippen molar-refractivity contribution in [2.75, 3.05) is 0 Å². The van der Waals surface area contributed by atoms with Crippen molar-refractivity contribution in [3.8, 4) is 5.75 Å². The number of benzene rings is 1. The summed E-state index contributed by atoms with van der Waals surface area (Å²) in [7, 11) is 0. The number of amides is 2. The molecule has 0 fully saturated rings. The maximum absolute atomic E-state index is 14.6. The van der Waals surface area contributed by atoms with Gasteiger partial charge >= 0.3 is 6.36 Å². The van der Waals surface area contributed by atoms with Gasteiger partial charge in [0, 0.05) is 43.8 Å². The maximum Gasteiger partial charge on any atom is 0.573 e. The number of carbonyl (C=O) groups excluding carboxylic acids is 2. The smallest absolute Gasteiger partial charge is 0.406 e. The summed E-state index contributed by atoms with van der Waals surface area (Å²) < 4.78 is 98.4. The summed E-state index contributed by atoms with van der Waals surface area (Å²) in [6.07, 6.45) is -3.10. The molecule has 0 aliphatic rings. The Labute approximate surface area is 249 Å². The average molecular weight is 644 g/mol. The van der Waals surface area contributed by atoms with E-state index in [1.807, 2.05) is 0 Å². The van der Waals surface area contributed by atoms with Gasteiger partial charge in [-0.15, -0.1) is 23.4 Å². The van der Waals surface area contributed by atoms with Gasteiger partial charge in [-0.3, -0.25) is 19.3 Å². The van der Waals surface area contributed by atoms with Crippen molar-refractivity contribution in [3.63, 3.8) is 0 Å². The summed E-state index contributed by atoms with van der Waals surface area (Å²) in [5.74, 6) is -6.02. The van der Waals surface area contributed by atoms with Crippen molar-refractivity contribution in [2.24, 2.45) is 0 Å². The van der Waals surface area contributed by atoms with E-state index >= 15 is 0 Å². The van der Waals surface area contributed by atoms with Crippen LogP contribution in [0.3, 0.4) is 0 Å². The molecule has 1 aromatic carbocycles. The topological polar surface area (TPSA) is 142 Å². The molecule has 4 rings (SSSR count). The molecule has 0 saturated carbocycles. The molecule has 3 aromatic heterocycles. The fraction of sp³-hybridized carbons (Fsp3) is 0.346. The van der Waals surface area contributed by atoms with E-state index in [2.05, 4.69) is 41.0 Å². The van der Waals surface area contributed by atoms with E-state index in [4.69, 9.17) is 0 Å². The maximum atomic E-state index is 14.6. The van der Waals surface area contributed by atoms with Crippen LogP contribution in [0, 0.1) is 5.82 Å². The van der Waals surface area contributed by atoms with Crippen molar-refractivity contribution >= 4 is 11.8 Å². The number of aryl methyl sites for hydroxylation is 1. The number of carbonyl (C=O) groups is 2. The molecule has 0 radical (unpaired) electrons. The minimum Gasteiger partial charge on any atom is -0.406 e. The molecule has 0 saturated heterocycles. The highest BCUT2D eigenvalue weighted by atomic mass is 19.4. The highest BCUT2D eigenvalue weighted by Crippen LogP contribution is 2.26. The first-order valence-electron chi connectivity index (χ1n) is 13.0. The molecule has 4 aromatic rings. The van der Waals surface area contributed by atoms with Gasteiger partial charge in [0.25, 0.3) is 17.7 Å². The third-order valence-electron chi connectivity index (χ3n) is 6.05. The van der Waals surface area contributed by atoms with E-state index in [9.17, 15) is 40.3 Å². The summed E-state index contributed by atoms with van der Waals surface area (Å²) >= 11 is 0. The van der Waals surface area contributed by atoms with E-state index in [0.29, 0.717) is 5.69 Å². The molecule has 0 aliphatic carbocycles. The van der Waals surface area contributed by atoms with E-state index < -0.39 is 48.4 Å². The zero-order chi connectivity index (χ0) is 32.8. The summed E-state index contributed by atoms with van der Waals surface area (Å²) in [5, 5.41) is 19.6. The molecule has 2 amide bonds. The molecular formula is C26H24F7N9O3. The lowest BCUT2D eigenvalue weighted by Crippen LogP contribution is -2.24. The van der Waals surface area contributed by atoms with Crippen molar-refractivity contribution in [3.05, 3.63) is 82.9 Å². The van der Waals surface area contributed by atoms with E-state index in [1.54, 1.807) is 0 Å². The molecule has 0 spiro atoms. The average Bonchev–Trinajstić information content (AvgIpc) is 3.64. The molecule has 1 unspecified atom stereocenters. The Bertz CT molecular complexity index is 1620. The summed E-state index contributed by atoms with van der Waals surface area (Å²) in [6, 6.07) is 4.90. The molecule has 0 bridgehead atoms. The van der Waals surface area contributed by atoms with Gasteiger partial charge in [-0.05, 0) is 30.3 Å². The molecule has 45 heavy (non-hydrogen) atoms. The molecule has 0 aliphatic heterocycles. The summed E-state index contributed by atoms with van der Waals surface area (Å²) in [6.45, 7) is -0.0637. The number of hydrogen-bond donors (Lipinski definition) is 2. The van der Waals surface area contributed by atoms with Crippen molar-refractivity contribution in [1.82, 2.24) is 45.6 Å². The highest BCUT2D eigenvalue weighted by molar-refractivity contribution is 5.92. The minimum absolute atomic E-state index is 0.0282. The van der Waals surface area contributed by atoms with Gasteiger partial charge in [0.15, 0.2) is 11.4 Å². The van der Waals surface area contributed by atoms with Crippen LogP contribution in [0.4, 0.5) is 30.7 Å². The Morgan fingerprint density at radius 2 is 1.58 bits per heavy atom. The first-order chi connectivity index (χ1) is 21.2. The van der Waals surface area contributed by atoms with Gasteiger partial charge in [0.2, 0.25) is 0 Å². The van der Waals surface area contributed by atoms with Gasteiger partial charge in [-0.2, -0.15) is 0 Å². The first-order valence-corrected chi connectivity index (χ1v) is 13.0. The van der Waals surface area contributed by atoms with Crippen molar-refractivity contribution in [2.45, 2.75) is 58.0 Å². The van der Waals surface area contributed by atoms with Crippen LogP contribution in [0.5, 0.6) is 5.75 Å². The Balaban J connectivity index is 1.21. The van der Waals surface area contributed by atoms with Crippen molar-refractivity contribution < 1.29 is 45.1 Å². The monoisotopic (exact) mass is 643 g/mol. The Kier molecular flexibility index (Phi) is 9.98. The quantitative estimate of drug-likeness (QED) is 0.210. The predicted octanol–water partition coefficient (Wildman–Crippen LogP) is 3.70. The van der Waals surface area contributed by atoms with Crippen LogP contribution in [0.25, 0.3) is 0 Å². The third kappa shape index (κ3) is 9.70. The molecule has 1 atom stereocenters. The number of ether oxygens (including phenoxy) is 1. The minimum atomic E-state index is -4.98. The lowest BCUT2D eigenvalue weighted by atomic mass is 10.1. The zero-order valence-electron chi connectivity index (χ0n) is 23.2. The van der Waals surface area contributed by atoms with E-state index in [1.165, 1.54) is 23.0 Å². The second-order valence-corrected chi connectivity index (χ2v) is 9.67. The molecular weight excluding hydrogens is 619 g/mol. The largest absolute Gasteiger partial charge is 0.573 e. The van der Waals surface area contributed by atoms with Crippen LogP contribution in [0.1, 0.15) is 51.1 Å². The van der Waals surface area contributed by atoms with E-state index in [-0.39, 0.29) is 48.6 Å². The lowest BCUT2D eigenvalue weighted by molar-refractivity contribution is -0.274. The molecule has 12 nitrogen and oxygen atoms in total. The van der Waals surface area contributed by atoms with Crippen molar-refractivity contribution in [1.29, 1.82) is 0 Å². The molecule has 19 heteroatoms. The van der Waals surface area contributed by atoms with Crippen LogP contribution in [0.15, 0.2) is 48.9 Å². The van der Waals surface area contributed by atoms with Crippen LogP contribution in [-0.2, 0) is 32.1 Å². The van der Waals surface area contributed by atoms with Crippen LogP contribution in [0.2, 0.25) is 0 Å². The van der Waals surface area contributed by atoms with Gasteiger partial charge in [0.05, 0.1) is 31.2 Å². The number of halogens is 7. The predicted molar refractivity (Wildman–Crippen MR) is 139 cm³/mol. The first kappa shape index (κ1) is 32.8. The Morgan fingerprint density at radius 3 is 2.20 bits per heavy atom.